The molecule has 0 N–H and O–H groups in total. The van der Waals surface area contributed by atoms with Crippen LogP contribution in [0.5, 0.6) is 0 Å². The summed E-state index contributed by atoms with van der Waals surface area (Å²) in [6, 6.07) is 15.5. The molecule has 1 saturated heterocycles. The number of aryl methyl sites for hydroxylation is 1. The van der Waals surface area contributed by atoms with Gasteiger partial charge in [-0.3, -0.25) is 9.20 Å². The Hall–Kier alpha value is -2.64. The molecule has 2 aromatic carbocycles. The van der Waals surface area contributed by atoms with E-state index in [-0.39, 0.29) is 11.7 Å². The van der Waals surface area contributed by atoms with Gasteiger partial charge in [-0.1, -0.05) is 41.6 Å². The van der Waals surface area contributed by atoms with Crippen molar-refractivity contribution in [2.75, 3.05) is 12.4 Å². The summed E-state index contributed by atoms with van der Waals surface area (Å²) in [7, 11) is 0. The van der Waals surface area contributed by atoms with E-state index in [9.17, 15) is 4.79 Å². The molecule has 1 atom stereocenters. The first kappa shape index (κ1) is 18.4. The number of nitrogens with zero attached hydrogens (tertiary/aromatic N) is 4. The maximum atomic E-state index is 13.3. The molecule has 0 amide bonds. The minimum atomic E-state index is -0.0866. The molecular formula is C22H22N4O2S. The Morgan fingerprint density at radius 2 is 1.93 bits per heavy atom. The molecule has 0 unspecified atom stereocenters. The van der Waals surface area contributed by atoms with Crippen molar-refractivity contribution in [2.24, 2.45) is 0 Å². The summed E-state index contributed by atoms with van der Waals surface area (Å²) in [6.45, 7) is 2.86. The van der Waals surface area contributed by atoms with Gasteiger partial charge in [0.25, 0.3) is 5.56 Å². The maximum Gasteiger partial charge on any atom is 0.267 e. The topological polar surface area (TPSA) is 61.4 Å². The second-order valence-corrected chi connectivity index (χ2v) is 8.40. The van der Waals surface area contributed by atoms with Crippen LogP contribution in [0.25, 0.3) is 22.4 Å². The minimum Gasteiger partial charge on any atom is -0.377 e. The van der Waals surface area contributed by atoms with Crippen molar-refractivity contribution in [3.05, 3.63) is 64.4 Å². The molecule has 4 aromatic rings. The third-order valence-corrected chi connectivity index (χ3v) is 6.42. The number of rotatable bonds is 4. The predicted octanol–water partition coefficient (Wildman–Crippen LogP) is 4.00. The van der Waals surface area contributed by atoms with Gasteiger partial charge in [-0.05, 0) is 50.5 Å². The van der Waals surface area contributed by atoms with E-state index >= 15 is 0 Å². The van der Waals surface area contributed by atoms with Crippen LogP contribution in [-0.4, -0.2) is 37.6 Å². The zero-order valence-corrected chi connectivity index (χ0v) is 17.1. The number of fused-ring (bicyclic) bond motifs is 3. The van der Waals surface area contributed by atoms with Gasteiger partial charge in [0, 0.05) is 12.4 Å². The van der Waals surface area contributed by atoms with Crippen molar-refractivity contribution in [2.45, 2.75) is 37.4 Å². The molecule has 1 fully saturated rings. The molecule has 6 nitrogen and oxygen atoms in total. The van der Waals surface area contributed by atoms with E-state index in [4.69, 9.17) is 4.74 Å². The molecule has 5 rings (SSSR count). The van der Waals surface area contributed by atoms with Crippen LogP contribution in [0.4, 0.5) is 0 Å². The third-order valence-electron chi connectivity index (χ3n) is 5.36. The Labute approximate surface area is 172 Å². The first-order valence-corrected chi connectivity index (χ1v) is 10.9. The number of aromatic nitrogens is 4. The Kier molecular flexibility index (Phi) is 4.85. The van der Waals surface area contributed by atoms with Gasteiger partial charge in [0.1, 0.15) is 0 Å². The highest BCUT2D eigenvalue weighted by Gasteiger charge is 2.20. The fourth-order valence-electron chi connectivity index (χ4n) is 3.81. The lowest BCUT2D eigenvalue weighted by Crippen LogP contribution is -2.22. The van der Waals surface area contributed by atoms with E-state index in [1.54, 1.807) is 16.3 Å². The first-order chi connectivity index (χ1) is 14.2. The number of thioether (sulfide) groups is 1. The standard InChI is InChI=1S/C22H22N4O2S/c1-15-9-11-16(12-10-15)25-20(27)18-7-2-3-8-19(18)26-21(25)23-24-22(26)29-14-17-6-4-5-13-28-17/h2-3,7-12,17H,4-6,13-14H2,1H3/t17-/m1/s1. The molecule has 0 radical (unpaired) electrons. The fourth-order valence-corrected chi connectivity index (χ4v) is 4.81. The Morgan fingerprint density at radius 3 is 2.72 bits per heavy atom. The summed E-state index contributed by atoms with van der Waals surface area (Å²) in [5.41, 5.74) is 2.67. The lowest BCUT2D eigenvalue weighted by atomic mass is 10.1. The number of hydrogen-bond acceptors (Lipinski definition) is 5. The van der Waals surface area contributed by atoms with E-state index in [2.05, 4.69) is 10.2 Å². The van der Waals surface area contributed by atoms with E-state index in [1.165, 1.54) is 6.42 Å². The molecule has 0 saturated carbocycles. The van der Waals surface area contributed by atoms with Crippen molar-refractivity contribution in [3.8, 4) is 5.69 Å². The highest BCUT2D eigenvalue weighted by Crippen LogP contribution is 2.26. The van der Waals surface area contributed by atoms with Crippen molar-refractivity contribution >= 4 is 28.4 Å². The number of ether oxygens (including phenoxy) is 1. The minimum absolute atomic E-state index is 0.0866. The zero-order valence-electron chi connectivity index (χ0n) is 16.2. The van der Waals surface area contributed by atoms with Gasteiger partial charge < -0.3 is 4.74 Å². The Morgan fingerprint density at radius 1 is 1.10 bits per heavy atom. The molecule has 0 aliphatic carbocycles. The van der Waals surface area contributed by atoms with Crippen molar-refractivity contribution in [1.82, 2.24) is 19.2 Å². The second-order valence-electron chi connectivity index (χ2n) is 7.41. The average Bonchev–Trinajstić information content (AvgIpc) is 3.18. The smallest absolute Gasteiger partial charge is 0.267 e. The lowest BCUT2D eigenvalue weighted by molar-refractivity contribution is 0.0315. The van der Waals surface area contributed by atoms with Gasteiger partial charge in [0.15, 0.2) is 5.16 Å². The number of benzene rings is 2. The summed E-state index contributed by atoms with van der Waals surface area (Å²) in [4.78, 5) is 13.3. The van der Waals surface area contributed by atoms with E-state index < -0.39 is 0 Å². The van der Waals surface area contributed by atoms with Gasteiger partial charge in [-0.25, -0.2) is 4.57 Å². The molecule has 1 aliphatic heterocycles. The highest BCUT2D eigenvalue weighted by molar-refractivity contribution is 7.99. The highest BCUT2D eigenvalue weighted by atomic mass is 32.2. The monoisotopic (exact) mass is 406 g/mol. The first-order valence-electron chi connectivity index (χ1n) is 9.93. The van der Waals surface area contributed by atoms with Crippen LogP contribution < -0.4 is 5.56 Å². The van der Waals surface area contributed by atoms with Gasteiger partial charge >= 0.3 is 0 Å². The van der Waals surface area contributed by atoms with Gasteiger partial charge in [-0.15, -0.1) is 10.2 Å². The molecule has 148 valence electrons. The summed E-state index contributed by atoms with van der Waals surface area (Å²) in [5.74, 6) is 1.36. The molecule has 7 heteroatoms. The second kappa shape index (κ2) is 7.65. The van der Waals surface area contributed by atoms with Crippen molar-refractivity contribution < 1.29 is 4.74 Å². The number of hydrogen-bond donors (Lipinski definition) is 0. The summed E-state index contributed by atoms with van der Waals surface area (Å²) >= 11 is 1.64. The van der Waals surface area contributed by atoms with Crippen molar-refractivity contribution in [1.29, 1.82) is 0 Å². The lowest BCUT2D eigenvalue weighted by Gasteiger charge is -2.21. The third kappa shape index (κ3) is 3.34. The SMILES string of the molecule is Cc1ccc(-n2c(=O)c3ccccc3n3c(SC[C@H]4CCCCO4)nnc23)cc1. The maximum absolute atomic E-state index is 13.3. The van der Waals surface area contributed by atoms with Crippen molar-refractivity contribution in [3.63, 3.8) is 0 Å². The average molecular weight is 407 g/mol. The molecule has 29 heavy (non-hydrogen) atoms. The quantitative estimate of drug-likeness (QED) is 0.480. The summed E-state index contributed by atoms with van der Waals surface area (Å²) in [5, 5.41) is 10.3. The Bertz CT molecular complexity index is 1220. The van der Waals surface area contributed by atoms with Crippen LogP contribution in [0.15, 0.2) is 58.5 Å². The van der Waals surface area contributed by atoms with Crippen LogP contribution in [0.1, 0.15) is 24.8 Å². The van der Waals surface area contributed by atoms with Crippen LogP contribution in [0.3, 0.4) is 0 Å². The van der Waals surface area contributed by atoms with Gasteiger partial charge in [-0.2, -0.15) is 0 Å². The van der Waals surface area contributed by atoms with Gasteiger partial charge in [0.05, 0.1) is 22.7 Å². The Balaban J connectivity index is 1.67. The zero-order chi connectivity index (χ0) is 19.8. The van der Waals surface area contributed by atoms with E-state index in [1.807, 2.05) is 59.9 Å². The summed E-state index contributed by atoms with van der Waals surface area (Å²) in [6.07, 6.45) is 3.68. The molecule has 0 bridgehead atoms. The molecular weight excluding hydrogens is 384 g/mol. The van der Waals surface area contributed by atoms with Crippen LogP contribution in [0.2, 0.25) is 0 Å². The fraction of sp³-hybridized carbons (Fsp3) is 0.318. The predicted molar refractivity (Wildman–Crippen MR) is 115 cm³/mol. The normalized spacial score (nSPS) is 17.2. The van der Waals surface area contributed by atoms with Crippen LogP contribution >= 0.6 is 11.8 Å². The van der Waals surface area contributed by atoms with E-state index in [0.717, 1.165) is 47.1 Å². The van der Waals surface area contributed by atoms with E-state index in [0.29, 0.717) is 11.2 Å². The molecule has 2 aromatic heterocycles. The van der Waals surface area contributed by atoms with Crippen LogP contribution in [-0.2, 0) is 4.74 Å². The summed E-state index contributed by atoms with van der Waals surface area (Å²) < 4.78 is 9.50. The molecule has 3 heterocycles. The van der Waals surface area contributed by atoms with Gasteiger partial charge in [0.2, 0.25) is 5.78 Å². The molecule has 1 aliphatic rings. The number of para-hydroxylation sites is 1. The largest absolute Gasteiger partial charge is 0.377 e. The molecule has 0 spiro atoms. The van der Waals surface area contributed by atoms with Crippen LogP contribution in [0, 0.1) is 6.92 Å².